The quantitative estimate of drug-likeness (QED) is 0.355. The lowest BCUT2D eigenvalue weighted by Gasteiger charge is -2.67. The molecule has 0 nitrogen and oxygen atoms in total. The topological polar surface area (TPSA) is 0 Å². The predicted molar refractivity (Wildman–Crippen MR) is 110 cm³/mol. The van der Waals surface area contributed by atoms with Crippen molar-refractivity contribution in [3.8, 4) is 0 Å². The standard InChI is InChI=1S/C24H48/c1-10-15-20-17-24(16-11-2,21(20)19(6)12-3)23(9,14-5)18-22(7,8)13-4/h19-21H,10-18H2,1-9H3. The lowest BCUT2D eigenvalue weighted by Crippen LogP contribution is -2.60. The van der Waals surface area contributed by atoms with Crippen molar-refractivity contribution in [1.29, 1.82) is 0 Å². The van der Waals surface area contributed by atoms with Crippen LogP contribution in [0.4, 0.5) is 0 Å². The van der Waals surface area contributed by atoms with Crippen LogP contribution >= 0.6 is 0 Å². The molecular formula is C24H48. The average Bonchev–Trinajstić information content (AvgIpc) is 2.52. The van der Waals surface area contributed by atoms with Gasteiger partial charge < -0.3 is 0 Å². The average molecular weight is 337 g/mol. The Bertz CT molecular complexity index is 368. The summed E-state index contributed by atoms with van der Waals surface area (Å²) < 4.78 is 0. The molecule has 0 heteroatoms. The molecule has 0 radical (unpaired) electrons. The molecule has 0 aromatic heterocycles. The summed E-state index contributed by atoms with van der Waals surface area (Å²) in [6.45, 7) is 22.3. The molecule has 0 heterocycles. The van der Waals surface area contributed by atoms with Crippen LogP contribution in [0.25, 0.3) is 0 Å². The second kappa shape index (κ2) is 8.59. The Hall–Kier alpha value is 0. The number of rotatable bonds is 11. The first-order chi connectivity index (χ1) is 11.2. The molecule has 1 saturated carbocycles. The molecule has 0 amide bonds. The van der Waals surface area contributed by atoms with E-state index in [1.54, 1.807) is 0 Å². The monoisotopic (exact) mass is 336 g/mol. The minimum Gasteiger partial charge on any atom is -0.0654 e. The largest absolute Gasteiger partial charge is 0.0654 e. The summed E-state index contributed by atoms with van der Waals surface area (Å²) >= 11 is 0. The summed E-state index contributed by atoms with van der Waals surface area (Å²) in [6, 6.07) is 0. The third-order valence-corrected chi connectivity index (χ3v) is 8.19. The maximum Gasteiger partial charge on any atom is -0.0207 e. The van der Waals surface area contributed by atoms with Crippen molar-refractivity contribution in [2.45, 2.75) is 120 Å². The van der Waals surface area contributed by atoms with Gasteiger partial charge in [0.05, 0.1) is 0 Å². The van der Waals surface area contributed by atoms with Crippen molar-refractivity contribution in [3.05, 3.63) is 0 Å². The highest BCUT2D eigenvalue weighted by molar-refractivity contribution is 5.10. The van der Waals surface area contributed by atoms with Gasteiger partial charge in [0.2, 0.25) is 0 Å². The Morgan fingerprint density at radius 2 is 1.58 bits per heavy atom. The fourth-order valence-electron chi connectivity index (χ4n) is 6.44. The summed E-state index contributed by atoms with van der Waals surface area (Å²) in [6.07, 6.45) is 12.5. The van der Waals surface area contributed by atoms with Gasteiger partial charge in [-0.2, -0.15) is 0 Å². The van der Waals surface area contributed by atoms with Crippen LogP contribution in [0.15, 0.2) is 0 Å². The van der Waals surface area contributed by atoms with Crippen LogP contribution in [0.1, 0.15) is 120 Å². The summed E-state index contributed by atoms with van der Waals surface area (Å²) in [7, 11) is 0. The maximum atomic E-state index is 2.66. The second-order valence-corrected chi connectivity index (χ2v) is 10.2. The van der Waals surface area contributed by atoms with Gasteiger partial charge in [0.1, 0.15) is 0 Å². The normalized spacial score (nSPS) is 31.4. The minimum atomic E-state index is 0.474. The Morgan fingerprint density at radius 3 is 2.00 bits per heavy atom. The van der Waals surface area contributed by atoms with Crippen molar-refractivity contribution in [2.75, 3.05) is 0 Å². The highest BCUT2D eigenvalue weighted by atomic mass is 14.7. The molecule has 0 aromatic carbocycles. The highest BCUT2D eigenvalue weighted by Gasteiger charge is 2.61. The van der Waals surface area contributed by atoms with Gasteiger partial charge in [-0.25, -0.2) is 0 Å². The maximum absolute atomic E-state index is 2.66. The van der Waals surface area contributed by atoms with E-state index in [1.807, 2.05) is 0 Å². The van der Waals surface area contributed by atoms with E-state index in [0.29, 0.717) is 16.2 Å². The Kier molecular flexibility index (Phi) is 7.89. The molecule has 0 aliphatic heterocycles. The van der Waals surface area contributed by atoms with E-state index in [1.165, 1.54) is 57.8 Å². The van der Waals surface area contributed by atoms with E-state index in [2.05, 4.69) is 62.3 Å². The molecule has 144 valence electrons. The zero-order chi connectivity index (χ0) is 18.6. The molecule has 5 unspecified atom stereocenters. The van der Waals surface area contributed by atoms with Crippen LogP contribution in [0.2, 0.25) is 0 Å². The predicted octanol–water partition coefficient (Wildman–Crippen LogP) is 8.50. The van der Waals surface area contributed by atoms with Gasteiger partial charge in [0.15, 0.2) is 0 Å². The van der Waals surface area contributed by atoms with Crippen LogP contribution in [0.3, 0.4) is 0 Å². The molecule has 1 aliphatic rings. The van der Waals surface area contributed by atoms with Gasteiger partial charge >= 0.3 is 0 Å². The Labute approximate surface area is 154 Å². The molecular weight excluding hydrogens is 288 g/mol. The fraction of sp³-hybridized carbons (Fsp3) is 1.00. The summed E-state index contributed by atoms with van der Waals surface area (Å²) in [5.41, 5.74) is 1.57. The molecule has 0 bridgehead atoms. The van der Waals surface area contributed by atoms with Gasteiger partial charge in [0, 0.05) is 0 Å². The van der Waals surface area contributed by atoms with Gasteiger partial charge in [-0.05, 0) is 53.3 Å². The molecule has 1 fully saturated rings. The van der Waals surface area contributed by atoms with Crippen molar-refractivity contribution < 1.29 is 0 Å². The molecule has 0 aromatic rings. The van der Waals surface area contributed by atoms with Crippen LogP contribution in [-0.2, 0) is 0 Å². The van der Waals surface area contributed by atoms with Gasteiger partial charge in [-0.15, -0.1) is 0 Å². The van der Waals surface area contributed by atoms with Crippen molar-refractivity contribution in [1.82, 2.24) is 0 Å². The fourth-order valence-corrected chi connectivity index (χ4v) is 6.44. The first-order valence-electron chi connectivity index (χ1n) is 11.2. The second-order valence-electron chi connectivity index (χ2n) is 10.2. The van der Waals surface area contributed by atoms with E-state index >= 15 is 0 Å². The molecule has 0 N–H and O–H groups in total. The molecule has 24 heavy (non-hydrogen) atoms. The van der Waals surface area contributed by atoms with Crippen molar-refractivity contribution >= 4 is 0 Å². The zero-order valence-electron chi connectivity index (χ0n) is 18.6. The Balaban J connectivity index is 3.25. The van der Waals surface area contributed by atoms with E-state index in [-0.39, 0.29) is 0 Å². The van der Waals surface area contributed by atoms with Crippen molar-refractivity contribution in [3.63, 3.8) is 0 Å². The molecule has 1 rings (SSSR count). The molecule has 1 aliphatic carbocycles. The molecule has 0 saturated heterocycles. The highest BCUT2D eigenvalue weighted by Crippen LogP contribution is 2.69. The van der Waals surface area contributed by atoms with Crippen molar-refractivity contribution in [2.24, 2.45) is 34.0 Å². The lowest BCUT2D eigenvalue weighted by molar-refractivity contribution is -0.183. The summed E-state index contributed by atoms with van der Waals surface area (Å²) in [5.74, 6) is 2.84. The van der Waals surface area contributed by atoms with Crippen LogP contribution in [0, 0.1) is 34.0 Å². The third-order valence-electron chi connectivity index (χ3n) is 8.19. The van der Waals surface area contributed by atoms with Crippen LogP contribution in [0.5, 0.6) is 0 Å². The first-order valence-corrected chi connectivity index (χ1v) is 11.2. The number of hydrogen-bond acceptors (Lipinski definition) is 0. The van der Waals surface area contributed by atoms with E-state index in [4.69, 9.17) is 0 Å². The molecule has 5 atom stereocenters. The summed E-state index contributed by atoms with van der Waals surface area (Å²) in [5, 5.41) is 0. The number of hydrogen-bond donors (Lipinski definition) is 0. The zero-order valence-corrected chi connectivity index (χ0v) is 18.6. The molecule has 0 spiro atoms. The van der Waals surface area contributed by atoms with Gasteiger partial charge in [0.25, 0.3) is 0 Å². The summed E-state index contributed by atoms with van der Waals surface area (Å²) in [4.78, 5) is 0. The van der Waals surface area contributed by atoms with Crippen LogP contribution < -0.4 is 0 Å². The van der Waals surface area contributed by atoms with Gasteiger partial charge in [-0.1, -0.05) is 101 Å². The van der Waals surface area contributed by atoms with E-state index in [9.17, 15) is 0 Å². The smallest absolute Gasteiger partial charge is 0.0207 e. The minimum absolute atomic E-state index is 0.474. The third kappa shape index (κ3) is 4.04. The SMILES string of the molecule is CCCC1CC(CCC)(C(C)(CC)CC(C)(C)CC)C1C(C)CC. The van der Waals surface area contributed by atoms with Gasteiger partial charge in [-0.3, -0.25) is 0 Å². The van der Waals surface area contributed by atoms with Crippen LogP contribution in [-0.4, -0.2) is 0 Å². The van der Waals surface area contributed by atoms with E-state index in [0.717, 1.165) is 17.8 Å². The van der Waals surface area contributed by atoms with E-state index < -0.39 is 0 Å². The lowest BCUT2D eigenvalue weighted by atomic mass is 9.37. The first kappa shape index (κ1) is 22.0. The Morgan fingerprint density at radius 1 is 0.958 bits per heavy atom.